The van der Waals surface area contributed by atoms with E-state index in [9.17, 15) is 0 Å². The molecule has 0 fully saturated rings. The Kier molecular flexibility index (Phi) is 4.40. The molecule has 0 N–H and O–H groups in total. The molecule has 152 valence electrons. The lowest BCUT2D eigenvalue weighted by molar-refractivity contribution is 0.668. The summed E-state index contributed by atoms with van der Waals surface area (Å²) in [4.78, 5) is 19.0. The highest BCUT2D eigenvalue weighted by Crippen LogP contribution is 2.36. The Bertz CT molecular complexity index is 1520. The lowest BCUT2D eigenvalue weighted by Crippen LogP contribution is -2.00. The second-order valence-electron chi connectivity index (χ2n) is 7.32. The zero-order valence-electron chi connectivity index (χ0n) is 16.7. The minimum absolute atomic E-state index is 0.524. The number of hydrogen-bond donors (Lipinski definition) is 0. The molecule has 0 spiro atoms. The van der Waals surface area contributed by atoms with Crippen LogP contribution in [0.2, 0.25) is 5.02 Å². The van der Waals surface area contributed by atoms with Crippen LogP contribution < -0.4 is 0 Å². The maximum absolute atomic E-state index is 6.12. The van der Waals surface area contributed by atoms with E-state index in [0.29, 0.717) is 33.7 Å². The van der Waals surface area contributed by atoms with Crippen molar-refractivity contribution in [2.24, 2.45) is 0 Å². The third-order valence-electron chi connectivity index (χ3n) is 5.24. The van der Waals surface area contributed by atoms with E-state index >= 15 is 0 Å². The Morgan fingerprint density at radius 2 is 1.25 bits per heavy atom. The first kappa shape index (κ1) is 18.7. The van der Waals surface area contributed by atoms with Gasteiger partial charge in [0.25, 0.3) is 0 Å². The van der Waals surface area contributed by atoms with E-state index in [1.54, 1.807) is 12.3 Å². The standard InChI is InChI=1S/C26H15ClN4O/c27-18-14-21-23(28-15-18)22-19(12-7-13-20(22)32-21)26-30-24(16-8-3-1-4-9-16)29-25(31-26)17-10-5-2-6-11-17/h1-15H. The van der Waals surface area contributed by atoms with E-state index < -0.39 is 0 Å². The molecule has 6 aromatic rings. The molecule has 5 nitrogen and oxygen atoms in total. The second kappa shape index (κ2) is 7.55. The van der Waals surface area contributed by atoms with E-state index in [2.05, 4.69) is 4.98 Å². The summed E-state index contributed by atoms with van der Waals surface area (Å²) in [7, 11) is 0. The number of nitrogens with zero attached hydrogens (tertiary/aromatic N) is 4. The van der Waals surface area contributed by atoms with E-state index in [1.165, 1.54) is 0 Å². The quantitative estimate of drug-likeness (QED) is 0.305. The van der Waals surface area contributed by atoms with Gasteiger partial charge in [-0.2, -0.15) is 0 Å². The molecule has 0 aliphatic rings. The SMILES string of the molecule is Clc1cnc2c(c1)oc1cccc(-c3nc(-c4ccccc4)nc(-c4ccccc4)n3)c12. The van der Waals surface area contributed by atoms with Gasteiger partial charge in [-0.15, -0.1) is 0 Å². The third-order valence-corrected chi connectivity index (χ3v) is 5.45. The summed E-state index contributed by atoms with van der Waals surface area (Å²) in [5.74, 6) is 1.77. The van der Waals surface area contributed by atoms with E-state index in [0.717, 1.165) is 27.6 Å². The average molecular weight is 435 g/mol. The molecule has 0 aliphatic heterocycles. The van der Waals surface area contributed by atoms with Crippen LogP contribution in [0.1, 0.15) is 0 Å². The molecule has 0 saturated carbocycles. The van der Waals surface area contributed by atoms with Gasteiger partial charge in [-0.05, 0) is 6.07 Å². The maximum Gasteiger partial charge on any atom is 0.164 e. The monoisotopic (exact) mass is 434 g/mol. The van der Waals surface area contributed by atoms with Gasteiger partial charge >= 0.3 is 0 Å². The fraction of sp³-hybridized carbons (Fsp3) is 0. The molecular weight excluding hydrogens is 420 g/mol. The number of pyridine rings is 1. The van der Waals surface area contributed by atoms with Gasteiger partial charge in [-0.1, -0.05) is 84.4 Å². The summed E-state index contributed by atoms with van der Waals surface area (Å²) >= 11 is 6.12. The van der Waals surface area contributed by atoms with Gasteiger partial charge in [0.05, 0.1) is 10.4 Å². The number of rotatable bonds is 3. The van der Waals surface area contributed by atoms with Gasteiger partial charge in [-0.25, -0.2) is 15.0 Å². The Labute approximate surface area is 188 Å². The number of halogens is 1. The molecule has 0 amide bonds. The van der Waals surface area contributed by atoms with Crippen LogP contribution in [-0.2, 0) is 0 Å². The van der Waals surface area contributed by atoms with Gasteiger partial charge in [0.1, 0.15) is 11.1 Å². The van der Waals surface area contributed by atoms with E-state index in [4.69, 9.17) is 31.0 Å². The highest BCUT2D eigenvalue weighted by atomic mass is 35.5. The van der Waals surface area contributed by atoms with Crippen molar-refractivity contribution in [3.8, 4) is 34.2 Å². The molecule has 0 atom stereocenters. The summed E-state index contributed by atoms with van der Waals surface area (Å²) in [6.45, 7) is 0. The smallest absolute Gasteiger partial charge is 0.164 e. The highest BCUT2D eigenvalue weighted by Gasteiger charge is 2.18. The molecule has 32 heavy (non-hydrogen) atoms. The topological polar surface area (TPSA) is 64.7 Å². The zero-order chi connectivity index (χ0) is 21.5. The highest BCUT2D eigenvalue weighted by molar-refractivity contribution is 6.31. The van der Waals surface area contributed by atoms with Crippen LogP contribution in [0.15, 0.2) is 95.5 Å². The molecule has 0 bridgehead atoms. The normalized spacial score (nSPS) is 11.3. The Morgan fingerprint density at radius 1 is 0.625 bits per heavy atom. The third kappa shape index (κ3) is 3.20. The van der Waals surface area contributed by atoms with Crippen molar-refractivity contribution in [2.45, 2.75) is 0 Å². The fourth-order valence-electron chi connectivity index (χ4n) is 3.78. The first-order valence-corrected chi connectivity index (χ1v) is 10.5. The maximum atomic E-state index is 6.12. The van der Waals surface area contributed by atoms with Gasteiger partial charge in [0, 0.05) is 29.0 Å². The van der Waals surface area contributed by atoms with Crippen LogP contribution in [0.3, 0.4) is 0 Å². The first-order valence-electron chi connectivity index (χ1n) is 10.1. The Morgan fingerprint density at radius 3 is 1.91 bits per heavy atom. The van der Waals surface area contributed by atoms with Gasteiger partial charge < -0.3 is 4.42 Å². The molecule has 6 heteroatoms. The summed E-state index contributed by atoms with van der Waals surface area (Å²) in [5, 5.41) is 1.37. The molecule has 0 radical (unpaired) electrons. The van der Waals surface area contributed by atoms with Crippen molar-refractivity contribution in [1.82, 2.24) is 19.9 Å². The number of benzene rings is 3. The van der Waals surface area contributed by atoms with Gasteiger partial charge in [0.2, 0.25) is 0 Å². The van der Waals surface area contributed by atoms with E-state index in [-0.39, 0.29) is 0 Å². The molecule has 0 saturated heterocycles. The van der Waals surface area contributed by atoms with Crippen LogP contribution in [-0.4, -0.2) is 19.9 Å². The van der Waals surface area contributed by atoms with Crippen LogP contribution in [0.25, 0.3) is 56.2 Å². The van der Waals surface area contributed by atoms with Crippen molar-refractivity contribution in [3.63, 3.8) is 0 Å². The second-order valence-corrected chi connectivity index (χ2v) is 7.76. The van der Waals surface area contributed by atoms with Crippen molar-refractivity contribution in [2.75, 3.05) is 0 Å². The predicted molar refractivity (Wildman–Crippen MR) is 126 cm³/mol. The fourth-order valence-corrected chi connectivity index (χ4v) is 3.93. The van der Waals surface area contributed by atoms with Crippen molar-refractivity contribution in [1.29, 1.82) is 0 Å². The summed E-state index contributed by atoms with van der Waals surface area (Å²) in [5.41, 5.74) is 4.72. The van der Waals surface area contributed by atoms with Crippen LogP contribution in [0.4, 0.5) is 0 Å². The molecule has 3 heterocycles. The van der Waals surface area contributed by atoms with Crippen molar-refractivity contribution < 1.29 is 4.42 Å². The van der Waals surface area contributed by atoms with Gasteiger partial charge in [-0.3, -0.25) is 4.98 Å². The molecular formula is C26H15ClN4O. The number of fused-ring (bicyclic) bond motifs is 3. The molecule has 0 unspecified atom stereocenters. The first-order chi connectivity index (χ1) is 15.8. The van der Waals surface area contributed by atoms with Crippen molar-refractivity contribution >= 4 is 33.7 Å². The minimum Gasteiger partial charge on any atom is -0.454 e. The number of furan rings is 1. The van der Waals surface area contributed by atoms with Crippen LogP contribution >= 0.6 is 11.6 Å². The number of aromatic nitrogens is 4. The minimum atomic E-state index is 0.524. The lowest BCUT2D eigenvalue weighted by atomic mass is 10.1. The molecule has 6 rings (SSSR count). The lowest BCUT2D eigenvalue weighted by Gasteiger charge is -2.09. The van der Waals surface area contributed by atoms with E-state index in [1.807, 2.05) is 78.9 Å². The van der Waals surface area contributed by atoms with Crippen LogP contribution in [0, 0.1) is 0 Å². The Hall–Kier alpha value is -4.09. The summed E-state index contributed by atoms with van der Waals surface area (Å²) in [6.07, 6.45) is 1.62. The predicted octanol–water partition coefficient (Wildman–Crippen LogP) is 6.82. The van der Waals surface area contributed by atoms with Gasteiger partial charge in [0.15, 0.2) is 23.1 Å². The van der Waals surface area contributed by atoms with Crippen molar-refractivity contribution in [3.05, 3.63) is 96.1 Å². The zero-order valence-corrected chi connectivity index (χ0v) is 17.5. The molecule has 0 aliphatic carbocycles. The average Bonchev–Trinajstić information content (AvgIpc) is 3.22. The molecule has 3 aromatic carbocycles. The van der Waals surface area contributed by atoms with Crippen LogP contribution in [0.5, 0.6) is 0 Å². The molecule has 3 aromatic heterocycles. The summed E-state index contributed by atoms with van der Waals surface area (Å²) < 4.78 is 6.01. The summed E-state index contributed by atoms with van der Waals surface area (Å²) in [6, 6.07) is 27.4. The number of hydrogen-bond acceptors (Lipinski definition) is 5. The largest absolute Gasteiger partial charge is 0.454 e. The Balaban J connectivity index is 1.65.